The molecule has 0 radical (unpaired) electrons. The van der Waals surface area contributed by atoms with Crippen LogP contribution in [0.5, 0.6) is 0 Å². The molecule has 2 atom stereocenters. The number of aromatic nitrogens is 2. The van der Waals surface area contributed by atoms with E-state index in [0.717, 1.165) is 46.5 Å². The molecule has 6 heteroatoms. The lowest BCUT2D eigenvalue weighted by atomic mass is 9.96. The van der Waals surface area contributed by atoms with E-state index in [1.165, 1.54) is 17.0 Å². The Balaban J connectivity index is 1.84. The third-order valence-electron chi connectivity index (χ3n) is 6.22. The molecule has 0 bridgehead atoms. The molecule has 162 valence electrons. The number of unbranched alkanes of at least 4 members (excludes halogenated alkanes) is 1. The number of nitrogens with one attached hydrogen (secondary N) is 1. The molecule has 1 saturated heterocycles. The number of rotatable bonds is 6. The molecular formula is C25H29ClN4S. The van der Waals surface area contributed by atoms with Gasteiger partial charge in [-0.15, -0.1) is 0 Å². The van der Waals surface area contributed by atoms with Crippen molar-refractivity contribution in [1.82, 2.24) is 19.8 Å². The Morgan fingerprint density at radius 2 is 1.94 bits per heavy atom. The van der Waals surface area contributed by atoms with E-state index in [4.69, 9.17) is 23.8 Å². The van der Waals surface area contributed by atoms with Crippen molar-refractivity contribution in [2.24, 2.45) is 0 Å². The first-order chi connectivity index (χ1) is 14.9. The van der Waals surface area contributed by atoms with Crippen molar-refractivity contribution in [3.63, 3.8) is 0 Å². The van der Waals surface area contributed by atoms with E-state index in [9.17, 15) is 0 Å². The number of hydrogen-bond acceptors (Lipinski definition) is 2. The molecule has 0 aliphatic carbocycles. The summed E-state index contributed by atoms with van der Waals surface area (Å²) in [5, 5.41) is 5.15. The highest BCUT2D eigenvalue weighted by molar-refractivity contribution is 7.80. The molecule has 2 aromatic heterocycles. The molecule has 1 aliphatic heterocycles. The van der Waals surface area contributed by atoms with Gasteiger partial charge in [0.05, 0.1) is 17.8 Å². The molecular weight excluding hydrogens is 424 g/mol. The smallest absolute Gasteiger partial charge is 0.170 e. The van der Waals surface area contributed by atoms with Crippen LogP contribution in [0, 0.1) is 20.8 Å². The Morgan fingerprint density at radius 3 is 2.65 bits per heavy atom. The topological polar surface area (TPSA) is 33.1 Å². The summed E-state index contributed by atoms with van der Waals surface area (Å²) in [6.45, 7) is 9.57. The monoisotopic (exact) mass is 452 g/mol. The van der Waals surface area contributed by atoms with Crippen LogP contribution in [0.2, 0.25) is 5.02 Å². The SMILES string of the molecule is CCCCN1C(=S)NC(c2ccccn2)C1c1cc(C)n(-c2cccc(Cl)c2C)c1C. The van der Waals surface area contributed by atoms with Crippen molar-refractivity contribution < 1.29 is 0 Å². The van der Waals surface area contributed by atoms with E-state index in [1.54, 1.807) is 0 Å². The van der Waals surface area contributed by atoms with Crippen molar-refractivity contribution in [2.75, 3.05) is 6.54 Å². The molecule has 0 spiro atoms. The van der Waals surface area contributed by atoms with E-state index in [2.05, 4.69) is 65.7 Å². The van der Waals surface area contributed by atoms with Gasteiger partial charge in [0.1, 0.15) is 0 Å². The normalized spacial score (nSPS) is 18.5. The van der Waals surface area contributed by atoms with E-state index in [-0.39, 0.29) is 12.1 Å². The summed E-state index contributed by atoms with van der Waals surface area (Å²) in [6.07, 6.45) is 4.07. The Kier molecular flexibility index (Phi) is 6.35. The molecule has 1 fully saturated rings. The van der Waals surface area contributed by atoms with Crippen molar-refractivity contribution in [3.05, 3.63) is 81.9 Å². The average molecular weight is 453 g/mol. The van der Waals surface area contributed by atoms with Crippen LogP contribution in [0.1, 0.15) is 60.1 Å². The average Bonchev–Trinajstić information content (AvgIpc) is 3.24. The number of hydrogen-bond donors (Lipinski definition) is 1. The minimum Gasteiger partial charge on any atom is -0.352 e. The van der Waals surface area contributed by atoms with Gasteiger partial charge in [-0.05, 0) is 80.9 Å². The maximum atomic E-state index is 6.45. The molecule has 1 N–H and O–H groups in total. The zero-order valence-electron chi connectivity index (χ0n) is 18.5. The first-order valence-electron chi connectivity index (χ1n) is 10.9. The number of aryl methyl sites for hydroxylation is 1. The second-order valence-corrected chi connectivity index (χ2v) is 9.01. The van der Waals surface area contributed by atoms with Gasteiger partial charge >= 0.3 is 0 Å². The standard InChI is InChI=1S/C25H29ClN4S/c1-5-6-14-29-24(23(28-25(29)31)21-11-7-8-13-27-21)19-15-16(2)30(18(19)4)22-12-9-10-20(26)17(22)3/h7-13,15,23-24H,5-6,14H2,1-4H3,(H,28,31). The maximum absolute atomic E-state index is 6.45. The predicted octanol–water partition coefficient (Wildman–Crippen LogP) is 6.22. The summed E-state index contributed by atoms with van der Waals surface area (Å²) in [4.78, 5) is 7.00. The van der Waals surface area contributed by atoms with Crippen LogP contribution in [0.25, 0.3) is 5.69 Å². The van der Waals surface area contributed by atoms with Gasteiger partial charge in [-0.2, -0.15) is 0 Å². The molecule has 2 unspecified atom stereocenters. The van der Waals surface area contributed by atoms with Gasteiger partial charge in [0, 0.05) is 34.8 Å². The van der Waals surface area contributed by atoms with Crippen molar-refractivity contribution >= 4 is 28.9 Å². The van der Waals surface area contributed by atoms with Gasteiger partial charge in [-0.3, -0.25) is 4.98 Å². The van der Waals surface area contributed by atoms with Gasteiger partial charge in [0.15, 0.2) is 5.11 Å². The Labute approximate surface area is 195 Å². The van der Waals surface area contributed by atoms with Gasteiger partial charge in [-0.1, -0.05) is 37.1 Å². The Bertz CT molecular complexity index is 1090. The summed E-state index contributed by atoms with van der Waals surface area (Å²) in [7, 11) is 0. The quantitative estimate of drug-likeness (QED) is 0.450. The van der Waals surface area contributed by atoms with E-state index in [0.29, 0.717) is 0 Å². The van der Waals surface area contributed by atoms with Crippen LogP contribution in [-0.2, 0) is 0 Å². The van der Waals surface area contributed by atoms with Crippen molar-refractivity contribution in [2.45, 2.75) is 52.6 Å². The third kappa shape index (κ3) is 3.97. The fourth-order valence-corrected chi connectivity index (χ4v) is 5.11. The molecule has 0 amide bonds. The molecule has 3 aromatic rings. The van der Waals surface area contributed by atoms with Gasteiger partial charge in [0.25, 0.3) is 0 Å². The highest BCUT2D eigenvalue weighted by Crippen LogP contribution is 2.41. The summed E-state index contributed by atoms with van der Waals surface area (Å²) in [6, 6.07) is 14.6. The molecule has 0 saturated carbocycles. The Morgan fingerprint density at radius 1 is 1.13 bits per heavy atom. The fraction of sp³-hybridized carbons (Fsp3) is 0.360. The van der Waals surface area contributed by atoms with Gasteiger partial charge in [-0.25, -0.2) is 0 Å². The van der Waals surface area contributed by atoms with Crippen LogP contribution >= 0.6 is 23.8 Å². The minimum absolute atomic E-state index is 0.0139. The lowest BCUT2D eigenvalue weighted by Gasteiger charge is -2.28. The summed E-state index contributed by atoms with van der Waals surface area (Å²) in [5.74, 6) is 0. The number of halogens is 1. The number of benzene rings is 1. The Hall–Kier alpha value is -2.37. The summed E-state index contributed by atoms with van der Waals surface area (Å²) < 4.78 is 2.31. The van der Waals surface area contributed by atoms with Crippen LogP contribution < -0.4 is 5.32 Å². The first kappa shape index (κ1) is 21.8. The zero-order valence-corrected chi connectivity index (χ0v) is 20.1. The molecule has 1 aliphatic rings. The summed E-state index contributed by atoms with van der Waals surface area (Å²) in [5.41, 5.74) is 6.89. The third-order valence-corrected chi connectivity index (χ3v) is 6.98. The maximum Gasteiger partial charge on any atom is 0.170 e. The fourth-order valence-electron chi connectivity index (χ4n) is 4.61. The molecule has 3 heterocycles. The van der Waals surface area contributed by atoms with E-state index in [1.807, 2.05) is 30.5 Å². The zero-order chi connectivity index (χ0) is 22.1. The molecule has 31 heavy (non-hydrogen) atoms. The van der Waals surface area contributed by atoms with Crippen LogP contribution in [0.15, 0.2) is 48.7 Å². The lowest BCUT2D eigenvalue weighted by molar-refractivity contribution is 0.312. The van der Waals surface area contributed by atoms with Crippen molar-refractivity contribution in [3.8, 4) is 5.69 Å². The van der Waals surface area contributed by atoms with Crippen molar-refractivity contribution in [1.29, 1.82) is 0 Å². The highest BCUT2D eigenvalue weighted by atomic mass is 35.5. The molecule has 4 nitrogen and oxygen atoms in total. The largest absolute Gasteiger partial charge is 0.352 e. The highest BCUT2D eigenvalue weighted by Gasteiger charge is 2.41. The number of thiocarbonyl (C=S) groups is 1. The van der Waals surface area contributed by atoms with E-state index < -0.39 is 0 Å². The van der Waals surface area contributed by atoms with Gasteiger partial charge < -0.3 is 14.8 Å². The van der Waals surface area contributed by atoms with Crippen LogP contribution in [0.3, 0.4) is 0 Å². The molecule has 4 rings (SSSR count). The minimum atomic E-state index is 0.0139. The van der Waals surface area contributed by atoms with Gasteiger partial charge in [0.2, 0.25) is 0 Å². The molecule has 1 aromatic carbocycles. The number of nitrogens with zero attached hydrogens (tertiary/aromatic N) is 3. The first-order valence-corrected chi connectivity index (χ1v) is 11.6. The second-order valence-electron chi connectivity index (χ2n) is 8.22. The second kappa shape index (κ2) is 9.01. The van der Waals surface area contributed by atoms with Crippen LogP contribution in [-0.4, -0.2) is 26.1 Å². The lowest BCUT2D eigenvalue weighted by Crippen LogP contribution is -2.30. The predicted molar refractivity (Wildman–Crippen MR) is 132 cm³/mol. The van der Waals surface area contributed by atoms with E-state index >= 15 is 0 Å². The number of pyridine rings is 1. The summed E-state index contributed by atoms with van der Waals surface area (Å²) >= 11 is 12.2. The van der Waals surface area contributed by atoms with Crippen LogP contribution in [0.4, 0.5) is 0 Å².